The number of rotatable bonds is 16. The van der Waals surface area contributed by atoms with Crippen LogP contribution in [-0.2, 0) is 47.9 Å². The normalized spacial score (nSPS) is 21.4. The minimum absolute atomic E-state index is 0.0521. The molecular formula is C50H68BN5O11. The summed E-state index contributed by atoms with van der Waals surface area (Å²) in [5, 5.41) is 11.2. The van der Waals surface area contributed by atoms with Crippen molar-refractivity contribution in [1.82, 2.24) is 20.9 Å². The van der Waals surface area contributed by atoms with Gasteiger partial charge in [0.1, 0.15) is 35.2 Å². The first-order valence-corrected chi connectivity index (χ1v) is 22.9. The van der Waals surface area contributed by atoms with Crippen LogP contribution in [0.4, 0.5) is 15.3 Å². The second kappa shape index (κ2) is 20.3. The second-order valence-electron chi connectivity index (χ2n) is 20.9. The molecule has 4 N–H and O–H groups in total. The maximum absolute atomic E-state index is 14.6. The van der Waals surface area contributed by atoms with Gasteiger partial charge < -0.3 is 54.4 Å². The molecule has 4 amide bonds. The molecule has 1 saturated heterocycles. The maximum atomic E-state index is 14.6. The van der Waals surface area contributed by atoms with E-state index in [0.29, 0.717) is 35.0 Å². The fourth-order valence-corrected chi connectivity index (χ4v) is 9.40. The summed E-state index contributed by atoms with van der Waals surface area (Å²) in [5.41, 5.74) is 0.710. The third-order valence-electron chi connectivity index (χ3n) is 12.8. The van der Waals surface area contributed by atoms with E-state index in [4.69, 9.17) is 28.3 Å². The Bertz CT molecular complexity index is 2300. The van der Waals surface area contributed by atoms with Gasteiger partial charge in [0.25, 0.3) is 5.91 Å². The lowest BCUT2D eigenvalue weighted by Gasteiger charge is -2.64. The zero-order valence-corrected chi connectivity index (χ0v) is 41.0. The molecule has 3 aromatic carbocycles. The van der Waals surface area contributed by atoms with E-state index < -0.39 is 65.9 Å². The molecule has 1 aliphatic heterocycles. The molecule has 4 aliphatic rings. The van der Waals surface area contributed by atoms with Crippen molar-refractivity contribution in [2.75, 3.05) is 33.1 Å². The van der Waals surface area contributed by atoms with Crippen molar-refractivity contribution in [2.24, 2.45) is 17.3 Å². The van der Waals surface area contributed by atoms with E-state index in [1.54, 1.807) is 84.0 Å². The fraction of sp³-hybridized carbons (Fsp3) is 0.540. The van der Waals surface area contributed by atoms with Gasteiger partial charge in [-0.15, -0.1) is 0 Å². The first-order chi connectivity index (χ1) is 31.4. The van der Waals surface area contributed by atoms with Crippen molar-refractivity contribution in [3.63, 3.8) is 0 Å². The monoisotopic (exact) mass is 926 g/mol. The summed E-state index contributed by atoms with van der Waals surface area (Å²) >= 11 is 0. The van der Waals surface area contributed by atoms with Crippen LogP contribution in [0.25, 0.3) is 0 Å². The van der Waals surface area contributed by atoms with Crippen molar-refractivity contribution in [3.8, 4) is 5.75 Å². The highest BCUT2D eigenvalue weighted by Gasteiger charge is 2.68. The van der Waals surface area contributed by atoms with Gasteiger partial charge in [-0.3, -0.25) is 9.59 Å². The Morgan fingerprint density at radius 1 is 0.851 bits per heavy atom. The highest BCUT2D eigenvalue weighted by Crippen LogP contribution is 2.65. The van der Waals surface area contributed by atoms with Gasteiger partial charge in [0.2, 0.25) is 5.91 Å². The molecule has 67 heavy (non-hydrogen) atoms. The molecule has 7 rings (SSSR count). The average molecular weight is 926 g/mol. The molecule has 4 fully saturated rings. The fourth-order valence-electron chi connectivity index (χ4n) is 9.40. The third-order valence-corrected chi connectivity index (χ3v) is 12.8. The molecule has 0 radical (unpaired) electrons. The molecule has 6 atom stereocenters. The van der Waals surface area contributed by atoms with Crippen LogP contribution in [0.2, 0.25) is 0 Å². The highest BCUT2D eigenvalue weighted by atomic mass is 16.7. The molecule has 2 bridgehead atoms. The van der Waals surface area contributed by atoms with Crippen LogP contribution in [0.1, 0.15) is 113 Å². The summed E-state index contributed by atoms with van der Waals surface area (Å²) in [5.74, 6) is -1.43. The number of para-hydroxylation sites is 1. The van der Waals surface area contributed by atoms with E-state index in [1.165, 1.54) is 7.11 Å². The van der Waals surface area contributed by atoms with Crippen LogP contribution in [0, 0.1) is 17.3 Å². The number of ether oxygens (including phenoxy) is 4. The van der Waals surface area contributed by atoms with Crippen LogP contribution >= 0.6 is 0 Å². The van der Waals surface area contributed by atoms with Crippen LogP contribution in [0.5, 0.6) is 5.75 Å². The van der Waals surface area contributed by atoms with E-state index in [9.17, 15) is 24.0 Å². The van der Waals surface area contributed by atoms with Gasteiger partial charge in [-0.05, 0) is 134 Å². The Hall–Kier alpha value is -5.65. The number of benzene rings is 3. The summed E-state index contributed by atoms with van der Waals surface area (Å²) < 4.78 is 36.0. The second-order valence-corrected chi connectivity index (χ2v) is 20.9. The predicted molar refractivity (Wildman–Crippen MR) is 253 cm³/mol. The molecular weight excluding hydrogens is 857 g/mol. The Morgan fingerprint density at radius 2 is 1.55 bits per heavy atom. The van der Waals surface area contributed by atoms with Gasteiger partial charge in [0, 0.05) is 17.8 Å². The topological polar surface area (TPSA) is 192 Å². The molecule has 3 saturated carbocycles. The summed E-state index contributed by atoms with van der Waals surface area (Å²) in [6.07, 6.45) is 0.176. The van der Waals surface area contributed by atoms with Crippen LogP contribution in [-0.4, -0.2) is 105 Å². The Balaban J connectivity index is 1.28. The van der Waals surface area contributed by atoms with Gasteiger partial charge in [-0.25, -0.2) is 14.4 Å². The zero-order valence-electron chi connectivity index (χ0n) is 41.0. The molecule has 5 unspecified atom stereocenters. The van der Waals surface area contributed by atoms with Crippen molar-refractivity contribution in [2.45, 2.75) is 130 Å². The molecule has 362 valence electrons. The van der Waals surface area contributed by atoms with Gasteiger partial charge >= 0.3 is 25.3 Å². The quantitative estimate of drug-likeness (QED) is 0.0650. The first-order valence-electron chi connectivity index (χ1n) is 22.9. The smallest absolute Gasteiger partial charge is 0.482 e. The predicted octanol–water partition coefficient (Wildman–Crippen LogP) is 7.08. The first kappa shape index (κ1) is 50.8. The Morgan fingerprint density at radius 3 is 2.19 bits per heavy atom. The Labute approximate surface area is 395 Å². The molecule has 3 aromatic rings. The van der Waals surface area contributed by atoms with Crippen molar-refractivity contribution in [3.05, 3.63) is 94.5 Å². The number of carbonyl (C=O) groups is 5. The van der Waals surface area contributed by atoms with Gasteiger partial charge in [0.05, 0.1) is 31.3 Å². The van der Waals surface area contributed by atoms with Crippen LogP contribution in [0.3, 0.4) is 0 Å². The number of hydrogen-bond acceptors (Lipinski definition) is 12. The number of alkyl carbamates (subject to hydrolysis) is 2. The van der Waals surface area contributed by atoms with Gasteiger partial charge in [-0.2, -0.15) is 0 Å². The lowest BCUT2D eigenvalue weighted by molar-refractivity contribution is -0.199. The molecule has 0 aromatic heterocycles. The third kappa shape index (κ3) is 12.5. The average Bonchev–Trinajstić information content (AvgIpc) is 3.61. The van der Waals surface area contributed by atoms with Gasteiger partial charge in [-0.1, -0.05) is 62.4 Å². The minimum Gasteiger partial charge on any atom is -0.496 e. The number of esters is 1. The van der Waals surface area contributed by atoms with Crippen molar-refractivity contribution < 1.29 is 52.2 Å². The van der Waals surface area contributed by atoms with Gasteiger partial charge in [0.15, 0.2) is 0 Å². The lowest BCUT2D eigenvalue weighted by Crippen LogP contribution is -2.65. The number of hydrogen-bond donors (Lipinski definition) is 4. The highest BCUT2D eigenvalue weighted by molar-refractivity contribution is 6.48. The number of nitrogens with zero attached hydrogens (tertiary/aromatic N) is 1. The summed E-state index contributed by atoms with van der Waals surface area (Å²) in [7, 11) is 4.36. The standard InChI is InChI=1S/C50H68BN5O11/c1-47(2,3)64-44(59)35-20-16-19-31(41(35)62-12)24-40(51-66-39-26-34-25-38(49(34,7)8)50(39,9)67-51)55-42(57)32-21-22-33(28-56(10)11)36(23-32)53-43(58)37(27-52-45(60)65-48(4,5)6)54-46(61)63-29-30-17-14-13-15-18-30/h13-23,34,37-40H,24-29H2,1-12H3,(H,52,60)(H,53,58)(H,54,61)(H,55,57)/t34?,37?,38?,39?,40-,50?/m0/s1. The Kier molecular flexibility index (Phi) is 15.4. The maximum Gasteiger partial charge on any atom is 0.482 e. The van der Waals surface area contributed by atoms with Crippen molar-refractivity contribution >= 4 is 42.8 Å². The van der Waals surface area contributed by atoms with E-state index >= 15 is 0 Å². The van der Waals surface area contributed by atoms with E-state index in [0.717, 1.165) is 18.4 Å². The molecule has 0 spiro atoms. The number of anilines is 1. The molecule has 3 aliphatic carbocycles. The van der Waals surface area contributed by atoms with Crippen LogP contribution < -0.4 is 26.0 Å². The SMILES string of the molecule is COc1c(C[C@H](NC(=O)c2ccc(CN(C)C)c(NC(=O)C(CNC(=O)OC(C)(C)C)NC(=O)OCc3ccccc3)c2)B2OC3CC4CC(C4(C)C)C3(C)O2)cccc1C(=O)OC(C)(C)C. The number of amides is 4. The molecule has 1 heterocycles. The summed E-state index contributed by atoms with van der Waals surface area (Å²) in [4.78, 5) is 69.9. The van der Waals surface area contributed by atoms with E-state index in [-0.39, 0.29) is 48.1 Å². The van der Waals surface area contributed by atoms with E-state index in [1.807, 2.05) is 43.3 Å². The van der Waals surface area contributed by atoms with Crippen molar-refractivity contribution in [1.29, 1.82) is 0 Å². The summed E-state index contributed by atoms with van der Waals surface area (Å²) in [6, 6.07) is 17.9. The lowest BCUT2D eigenvalue weighted by atomic mass is 9.43. The van der Waals surface area contributed by atoms with Crippen LogP contribution in [0.15, 0.2) is 66.7 Å². The number of nitrogens with one attached hydrogen (secondary N) is 4. The summed E-state index contributed by atoms with van der Waals surface area (Å²) in [6.45, 7) is 17.1. The molecule has 16 nitrogen and oxygen atoms in total. The zero-order chi connectivity index (χ0) is 49.1. The largest absolute Gasteiger partial charge is 0.496 e. The minimum atomic E-state index is -1.33. The van der Waals surface area contributed by atoms with E-state index in [2.05, 4.69) is 42.0 Å². The number of methoxy groups -OCH3 is 1. The number of carbonyl (C=O) groups excluding carboxylic acids is 5. The molecule has 17 heteroatoms.